The van der Waals surface area contributed by atoms with Crippen molar-refractivity contribution >= 4 is 22.6 Å². The van der Waals surface area contributed by atoms with Crippen LogP contribution in [0.15, 0.2) is 79.0 Å². The van der Waals surface area contributed by atoms with E-state index in [9.17, 15) is 4.79 Å². The minimum atomic E-state index is -0.391. The van der Waals surface area contributed by atoms with Gasteiger partial charge in [0.1, 0.15) is 17.6 Å². The highest BCUT2D eigenvalue weighted by molar-refractivity contribution is 6.01. The Labute approximate surface area is 180 Å². The maximum Gasteiger partial charge on any atom is 0.257 e. The number of para-hydroxylation sites is 3. The van der Waals surface area contributed by atoms with Crippen LogP contribution in [-0.2, 0) is 6.42 Å². The van der Waals surface area contributed by atoms with E-state index in [1.165, 1.54) is 0 Å². The van der Waals surface area contributed by atoms with Gasteiger partial charge in [-0.1, -0.05) is 36.4 Å². The van der Waals surface area contributed by atoms with Gasteiger partial charge in [0.05, 0.1) is 29.9 Å². The van der Waals surface area contributed by atoms with Crippen molar-refractivity contribution in [3.8, 4) is 5.75 Å². The Bertz CT molecular complexity index is 1240. The number of ether oxygens (including phenoxy) is 1. The lowest BCUT2D eigenvalue weighted by Gasteiger charge is -2.37. The molecule has 0 spiro atoms. The molecule has 0 aliphatic carbocycles. The van der Waals surface area contributed by atoms with E-state index in [1.807, 2.05) is 77.7 Å². The number of nitrogens with one attached hydrogen (secondary N) is 1. The van der Waals surface area contributed by atoms with Gasteiger partial charge in [-0.25, -0.2) is 4.98 Å². The van der Waals surface area contributed by atoms with E-state index < -0.39 is 6.17 Å². The molecule has 0 bridgehead atoms. The molecule has 0 saturated heterocycles. The van der Waals surface area contributed by atoms with Crippen LogP contribution in [0.4, 0.5) is 5.69 Å². The third-order valence-corrected chi connectivity index (χ3v) is 5.57. The standard InChI is InChI=1S/C25H22N4O2/c1-31-18-12-10-17(11-13-18)14-15-29-24(28-20-7-3-2-6-19(20)25(29)30)23-16-26-21-8-4-5-9-22(21)27-23/h2-13,16,24,28H,14-15H2,1H3/t24-/m0/s1. The summed E-state index contributed by atoms with van der Waals surface area (Å²) in [6.45, 7) is 0.547. The number of carbonyl (C=O) groups excluding carboxylic acids is 1. The zero-order valence-electron chi connectivity index (χ0n) is 17.2. The molecule has 4 aromatic rings. The fourth-order valence-electron chi connectivity index (χ4n) is 3.90. The molecule has 1 aliphatic rings. The summed E-state index contributed by atoms with van der Waals surface area (Å²) in [7, 11) is 1.65. The zero-order chi connectivity index (χ0) is 21.2. The van der Waals surface area contributed by atoms with Crippen molar-refractivity contribution in [2.45, 2.75) is 12.6 Å². The van der Waals surface area contributed by atoms with Gasteiger partial charge in [0.15, 0.2) is 0 Å². The van der Waals surface area contributed by atoms with Crippen molar-refractivity contribution in [3.05, 3.63) is 95.8 Å². The number of carbonyl (C=O) groups is 1. The van der Waals surface area contributed by atoms with Crippen molar-refractivity contribution in [2.24, 2.45) is 0 Å². The summed E-state index contributed by atoms with van der Waals surface area (Å²) in [5, 5.41) is 3.50. The van der Waals surface area contributed by atoms with Crippen molar-refractivity contribution in [2.75, 3.05) is 19.0 Å². The van der Waals surface area contributed by atoms with Crippen LogP contribution in [0.25, 0.3) is 11.0 Å². The Kier molecular flexibility index (Phi) is 4.96. The van der Waals surface area contributed by atoms with Crippen LogP contribution in [0.3, 0.4) is 0 Å². The molecule has 1 N–H and O–H groups in total. The molecule has 0 saturated carbocycles. The summed E-state index contributed by atoms with van der Waals surface area (Å²) in [5.41, 5.74) is 4.98. The molecule has 1 aromatic heterocycles. The van der Waals surface area contributed by atoms with Crippen LogP contribution < -0.4 is 10.1 Å². The highest BCUT2D eigenvalue weighted by atomic mass is 16.5. The SMILES string of the molecule is COc1ccc(CCN2C(=O)c3ccccc3N[C@@H]2c2cnc3ccccc3n2)cc1. The van der Waals surface area contributed by atoms with Gasteiger partial charge in [-0.2, -0.15) is 0 Å². The first-order valence-electron chi connectivity index (χ1n) is 10.2. The summed E-state index contributed by atoms with van der Waals surface area (Å²) >= 11 is 0. The Balaban J connectivity index is 1.48. The molecule has 0 fully saturated rings. The van der Waals surface area contributed by atoms with E-state index in [-0.39, 0.29) is 5.91 Å². The van der Waals surface area contributed by atoms with E-state index in [2.05, 4.69) is 10.3 Å². The Morgan fingerprint density at radius 2 is 1.71 bits per heavy atom. The predicted molar refractivity (Wildman–Crippen MR) is 120 cm³/mol. The summed E-state index contributed by atoms with van der Waals surface area (Å²) in [6.07, 6.45) is 2.08. The van der Waals surface area contributed by atoms with Gasteiger partial charge in [-0.3, -0.25) is 9.78 Å². The third-order valence-electron chi connectivity index (χ3n) is 5.57. The molecule has 1 atom stereocenters. The van der Waals surface area contributed by atoms with E-state index in [0.29, 0.717) is 12.1 Å². The number of aromatic nitrogens is 2. The van der Waals surface area contributed by atoms with Gasteiger partial charge >= 0.3 is 0 Å². The van der Waals surface area contributed by atoms with E-state index in [1.54, 1.807) is 13.3 Å². The zero-order valence-corrected chi connectivity index (χ0v) is 17.2. The fraction of sp³-hybridized carbons (Fsp3) is 0.160. The second-order valence-corrected chi connectivity index (χ2v) is 7.47. The molecule has 2 heterocycles. The van der Waals surface area contributed by atoms with E-state index in [4.69, 9.17) is 9.72 Å². The maximum atomic E-state index is 13.4. The normalized spacial score (nSPS) is 15.5. The van der Waals surface area contributed by atoms with Gasteiger partial charge in [0, 0.05) is 12.2 Å². The van der Waals surface area contributed by atoms with Crippen LogP contribution in [0, 0.1) is 0 Å². The third kappa shape index (κ3) is 3.68. The number of fused-ring (bicyclic) bond motifs is 2. The van der Waals surface area contributed by atoms with Gasteiger partial charge < -0.3 is 15.0 Å². The first-order chi connectivity index (χ1) is 15.2. The lowest BCUT2D eigenvalue weighted by molar-refractivity contribution is 0.0682. The molecule has 0 unspecified atom stereocenters. The molecule has 3 aromatic carbocycles. The van der Waals surface area contributed by atoms with Crippen LogP contribution in [-0.4, -0.2) is 34.4 Å². The van der Waals surface area contributed by atoms with Crippen LogP contribution in [0.5, 0.6) is 5.75 Å². The van der Waals surface area contributed by atoms with Crippen molar-refractivity contribution in [1.82, 2.24) is 14.9 Å². The Morgan fingerprint density at radius 1 is 0.968 bits per heavy atom. The van der Waals surface area contributed by atoms with Gasteiger partial charge in [0.2, 0.25) is 0 Å². The van der Waals surface area contributed by atoms with E-state index in [0.717, 1.165) is 40.1 Å². The minimum absolute atomic E-state index is 0.0113. The smallest absolute Gasteiger partial charge is 0.257 e. The van der Waals surface area contributed by atoms with E-state index >= 15 is 0 Å². The second-order valence-electron chi connectivity index (χ2n) is 7.47. The number of amides is 1. The monoisotopic (exact) mass is 410 g/mol. The first-order valence-corrected chi connectivity index (χ1v) is 10.2. The van der Waals surface area contributed by atoms with Crippen molar-refractivity contribution in [3.63, 3.8) is 0 Å². The number of rotatable bonds is 5. The number of hydrogen-bond donors (Lipinski definition) is 1. The number of nitrogens with zero attached hydrogens (tertiary/aromatic N) is 3. The minimum Gasteiger partial charge on any atom is -0.497 e. The largest absolute Gasteiger partial charge is 0.497 e. The lowest BCUT2D eigenvalue weighted by atomic mass is 10.0. The Hall–Kier alpha value is -3.93. The van der Waals surface area contributed by atoms with Gasteiger partial charge in [-0.15, -0.1) is 0 Å². The molecule has 6 heteroatoms. The molecule has 1 amide bonds. The highest BCUT2D eigenvalue weighted by Crippen LogP contribution is 2.32. The molecule has 0 radical (unpaired) electrons. The Morgan fingerprint density at radius 3 is 2.52 bits per heavy atom. The number of anilines is 1. The molecule has 5 rings (SSSR count). The molecular formula is C25H22N4O2. The quantitative estimate of drug-likeness (QED) is 0.527. The van der Waals surface area contributed by atoms with Gasteiger partial charge in [-0.05, 0) is 48.4 Å². The number of hydrogen-bond acceptors (Lipinski definition) is 5. The highest BCUT2D eigenvalue weighted by Gasteiger charge is 2.33. The van der Waals surface area contributed by atoms with Crippen LogP contribution in [0.1, 0.15) is 27.8 Å². The van der Waals surface area contributed by atoms with Crippen molar-refractivity contribution in [1.29, 1.82) is 0 Å². The number of methoxy groups -OCH3 is 1. The van der Waals surface area contributed by atoms with Gasteiger partial charge in [0.25, 0.3) is 5.91 Å². The van der Waals surface area contributed by atoms with Crippen molar-refractivity contribution < 1.29 is 9.53 Å². The lowest BCUT2D eigenvalue weighted by Crippen LogP contribution is -2.44. The average Bonchev–Trinajstić information content (AvgIpc) is 2.83. The molecule has 1 aliphatic heterocycles. The summed E-state index contributed by atoms with van der Waals surface area (Å²) in [5.74, 6) is 0.806. The first kappa shape index (κ1) is 19.1. The van der Waals surface area contributed by atoms with Crippen LogP contribution in [0.2, 0.25) is 0 Å². The summed E-state index contributed by atoms with van der Waals surface area (Å²) in [6, 6.07) is 23.3. The topological polar surface area (TPSA) is 67.3 Å². The number of benzene rings is 3. The maximum absolute atomic E-state index is 13.4. The molecular weight excluding hydrogens is 388 g/mol. The predicted octanol–water partition coefficient (Wildman–Crippen LogP) is 4.45. The summed E-state index contributed by atoms with van der Waals surface area (Å²) < 4.78 is 5.24. The fourth-order valence-corrected chi connectivity index (χ4v) is 3.90. The molecule has 154 valence electrons. The second kappa shape index (κ2) is 8.07. The molecule has 6 nitrogen and oxygen atoms in total. The average molecular weight is 410 g/mol. The summed E-state index contributed by atoms with van der Waals surface area (Å²) in [4.78, 5) is 24.6. The van der Waals surface area contributed by atoms with Crippen LogP contribution >= 0.6 is 0 Å². The molecule has 31 heavy (non-hydrogen) atoms.